The van der Waals surface area contributed by atoms with Crippen molar-refractivity contribution >= 4 is 27.5 Å². The molecule has 0 spiro atoms. The lowest BCUT2D eigenvalue weighted by Gasteiger charge is -2.23. The summed E-state index contributed by atoms with van der Waals surface area (Å²) in [4.78, 5) is 19.0. The first-order valence-electron chi connectivity index (χ1n) is 7.71. The zero-order chi connectivity index (χ0) is 16.4. The van der Waals surface area contributed by atoms with Gasteiger partial charge >= 0.3 is 0 Å². The summed E-state index contributed by atoms with van der Waals surface area (Å²) >= 11 is 1.65. The molecule has 0 aliphatic rings. The number of thiazole rings is 1. The van der Waals surface area contributed by atoms with Gasteiger partial charge in [-0.3, -0.25) is 4.79 Å². The van der Waals surface area contributed by atoms with Gasteiger partial charge in [0.05, 0.1) is 22.7 Å². The molecule has 0 radical (unpaired) electrons. The number of nitrogens with zero attached hydrogens (tertiary/aromatic N) is 2. The van der Waals surface area contributed by atoms with Crippen molar-refractivity contribution in [2.24, 2.45) is 0 Å². The van der Waals surface area contributed by atoms with E-state index in [1.807, 2.05) is 63.4 Å². The van der Waals surface area contributed by atoms with Crippen LogP contribution >= 0.6 is 11.3 Å². The molecule has 3 nitrogen and oxygen atoms in total. The van der Waals surface area contributed by atoms with E-state index in [1.165, 1.54) is 5.56 Å². The quantitative estimate of drug-likeness (QED) is 0.714. The highest BCUT2D eigenvalue weighted by molar-refractivity contribution is 7.18. The van der Waals surface area contributed by atoms with E-state index in [-0.39, 0.29) is 11.9 Å². The molecule has 2 aromatic carbocycles. The van der Waals surface area contributed by atoms with Gasteiger partial charge in [0.15, 0.2) is 0 Å². The highest BCUT2D eigenvalue weighted by Gasteiger charge is 2.20. The van der Waals surface area contributed by atoms with E-state index in [0.717, 1.165) is 20.8 Å². The van der Waals surface area contributed by atoms with Crippen LogP contribution in [-0.4, -0.2) is 22.8 Å². The Morgan fingerprint density at radius 1 is 1.17 bits per heavy atom. The molecule has 0 saturated heterocycles. The summed E-state index contributed by atoms with van der Waals surface area (Å²) in [5.74, 6) is 0.112. The van der Waals surface area contributed by atoms with Crippen molar-refractivity contribution < 1.29 is 4.79 Å². The van der Waals surface area contributed by atoms with Crippen molar-refractivity contribution in [3.05, 3.63) is 64.7 Å². The maximum Gasteiger partial charge on any atom is 0.227 e. The van der Waals surface area contributed by atoms with Crippen LogP contribution in [0.15, 0.2) is 48.5 Å². The Morgan fingerprint density at radius 3 is 2.57 bits per heavy atom. The monoisotopic (exact) mass is 324 g/mol. The summed E-state index contributed by atoms with van der Waals surface area (Å²) in [5.41, 5.74) is 3.25. The van der Waals surface area contributed by atoms with E-state index in [9.17, 15) is 4.79 Å². The summed E-state index contributed by atoms with van der Waals surface area (Å²) in [6.45, 7) is 4.08. The molecule has 0 bridgehead atoms. The molecular weight excluding hydrogens is 304 g/mol. The van der Waals surface area contributed by atoms with E-state index in [4.69, 9.17) is 0 Å². The standard InChI is InChI=1S/C19H20N2OS/c1-13-8-10-15(11-9-13)12-18(22)21(3)14(2)19-20-16-6-4-5-7-17(16)23-19/h4-11,14H,12H2,1-3H3/t14-/m1/s1. The van der Waals surface area contributed by atoms with Crippen molar-refractivity contribution in [2.75, 3.05) is 7.05 Å². The van der Waals surface area contributed by atoms with E-state index >= 15 is 0 Å². The third-order valence-electron chi connectivity index (χ3n) is 4.12. The number of aryl methyl sites for hydroxylation is 1. The SMILES string of the molecule is Cc1ccc(CC(=O)N(C)[C@H](C)c2nc3ccccc3s2)cc1. The van der Waals surface area contributed by atoms with E-state index in [2.05, 4.69) is 11.1 Å². The zero-order valence-corrected chi connectivity index (χ0v) is 14.4. The molecule has 3 rings (SSSR count). The third-order valence-corrected chi connectivity index (χ3v) is 5.32. The lowest BCUT2D eigenvalue weighted by atomic mass is 10.1. The maximum absolute atomic E-state index is 12.5. The number of amides is 1. The first-order chi connectivity index (χ1) is 11.0. The Morgan fingerprint density at radius 2 is 1.87 bits per heavy atom. The van der Waals surface area contributed by atoms with Crippen LogP contribution in [0.5, 0.6) is 0 Å². The van der Waals surface area contributed by atoms with Crippen LogP contribution in [0, 0.1) is 6.92 Å². The number of carbonyl (C=O) groups excluding carboxylic acids is 1. The Labute approximate surface area is 140 Å². The number of hydrogen-bond donors (Lipinski definition) is 0. The molecule has 0 saturated carbocycles. The van der Waals surface area contributed by atoms with Gasteiger partial charge in [0, 0.05) is 7.05 Å². The predicted molar refractivity (Wildman–Crippen MR) is 95.7 cm³/mol. The van der Waals surface area contributed by atoms with Crippen molar-refractivity contribution in [1.82, 2.24) is 9.88 Å². The van der Waals surface area contributed by atoms with Crippen LogP contribution in [0.2, 0.25) is 0 Å². The highest BCUT2D eigenvalue weighted by Crippen LogP contribution is 2.29. The number of rotatable bonds is 4. The number of carbonyl (C=O) groups is 1. The molecular formula is C19H20N2OS. The molecule has 23 heavy (non-hydrogen) atoms. The van der Waals surface area contributed by atoms with Crippen LogP contribution in [0.3, 0.4) is 0 Å². The average Bonchev–Trinajstić information content (AvgIpc) is 2.99. The smallest absolute Gasteiger partial charge is 0.227 e. The number of fused-ring (bicyclic) bond motifs is 1. The highest BCUT2D eigenvalue weighted by atomic mass is 32.1. The normalized spacial score (nSPS) is 12.3. The summed E-state index contributed by atoms with van der Waals surface area (Å²) in [6, 6.07) is 16.2. The van der Waals surface area contributed by atoms with Gasteiger partial charge in [-0.25, -0.2) is 4.98 Å². The molecule has 1 heterocycles. The fourth-order valence-corrected chi connectivity index (χ4v) is 3.52. The molecule has 0 aliphatic heterocycles. The van der Waals surface area contributed by atoms with Gasteiger partial charge in [0.1, 0.15) is 5.01 Å². The fraction of sp³-hybridized carbons (Fsp3) is 0.263. The largest absolute Gasteiger partial charge is 0.336 e. The minimum absolute atomic E-state index is 0.0228. The molecule has 1 aromatic heterocycles. The van der Waals surface area contributed by atoms with E-state index < -0.39 is 0 Å². The maximum atomic E-state index is 12.5. The van der Waals surface area contributed by atoms with Crippen LogP contribution in [-0.2, 0) is 11.2 Å². The van der Waals surface area contributed by atoms with Gasteiger partial charge in [0.25, 0.3) is 0 Å². The van der Waals surface area contributed by atoms with Crippen LogP contribution < -0.4 is 0 Å². The second kappa shape index (κ2) is 6.50. The Bertz CT molecular complexity index is 790. The topological polar surface area (TPSA) is 33.2 Å². The van der Waals surface area contributed by atoms with Gasteiger partial charge in [-0.2, -0.15) is 0 Å². The number of para-hydroxylation sites is 1. The minimum Gasteiger partial charge on any atom is -0.336 e. The molecule has 1 amide bonds. The number of hydrogen-bond acceptors (Lipinski definition) is 3. The molecule has 118 valence electrons. The summed E-state index contributed by atoms with van der Waals surface area (Å²) in [7, 11) is 1.85. The van der Waals surface area contributed by atoms with Gasteiger partial charge < -0.3 is 4.90 Å². The second-order valence-electron chi connectivity index (χ2n) is 5.86. The minimum atomic E-state index is -0.0228. The number of likely N-dealkylation sites (N-methyl/N-ethyl adjacent to an activating group) is 1. The molecule has 0 fully saturated rings. The van der Waals surface area contributed by atoms with Crippen molar-refractivity contribution in [3.8, 4) is 0 Å². The van der Waals surface area contributed by atoms with Crippen LogP contribution in [0.1, 0.15) is 29.1 Å². The second-order valence-corrected chi connectivity index (χ2v) is 6.93. The molecule has 3 aromatic rings. The lowest BCUT2D eigenvalue weighted by Crippen LogP contribution is -2.30. The predicted octanol–water partition coefficient (Wildman–Crippen LogP) is 4.37. The van der Waals surface area contributed by atoms with Gasteiger partial charge in [-0.1, -0.05) is 42.0 Å². The van der Waals surface area contributed by atoms with Gasteiger partial charge in [-0.05, 0) is 31.5 Å². The first-order valence-corrected chi connectivity index (χ1v) is 8.53. The molecule has 0 N–H and O–H groups in total. The molecule has 4 heteroatoms. The number of aromatic nitrogens is 1. The third kappa shape index (κ3) is 3.42. The van der Waals surface area contributed by atoms with E-state index in [1.54, 1.807) is 16.2 Å². The van der Waals surface area contributed by atoms with Crippen molar-refractivity contribution in [3.63, 3.8) is 0 Å². The fourth-order valence-electron chi connectivity index (χ4n) is 2.46. The summed E-state index contributed by atoms with van der Waals surface area (Å²) < 4.78 is 1.16. The number of benzene rings is 2. The van der Waals surface area contributed by atoms with Crippen LogP contribution in [0.25, 0.3) is 10.2 Å². The van der Waals surface area contributed by atoms with Gasteiger partial charge in [-0.15, -0.1) is 11.3 Å². The average molecular weight is 324 g/mol. The van der Waals surface area contributed by atoms with Crippen molar-refractivity contribution in [1.29, 1.82) is 0 Å². The van der Waals surface area contributed by atoms with Crippen LogP contribution in [0.4, 0.5) is 0 Å². The Balaban J connectivity index is 1.74. The zero-order valence-electron chi connectivity index (χ0n) is 13.6. The van der Waals surface area contributed by atoms with Crippen molar-refractivity contribution in [2.45, 2.75) is 26.3 Å². The summed E-state index contributed by atoms with van der Waals surface area (Å²) in [6.07, 6.45) is 0.423. The molecule has 0 unspecified atom stereocenters. The van der Waals surface area contributed by atoms with Gasteiger partial charge in [0.2, 0.25) is 5.91 Å². The first kappa shape index (κ1) is 15.7. The Kier molecular flexibility index (Phi) is 4.44. The Hall–Kier alpha value is -2.20. The van der Waals surface area contributed by atoms with E-state index in [0.29, 0.717) is 6.42 Å². The lowest BCUT2D eigenvalue weighted by molar-refractivity contribution is -0.131. The molecule has 1 atom stereocenters. The summed E-state index contributed by atoms with van der Waals surface area (Å²) in [5, 5.41) is 0.978. The molecule has 0 aliphatic carbocycles.